The molecule has 8 aromatic rings. The van der Waals surface area contributed by atoms with Gasteiger partial charge in [-0.1, -0.05) is 85.6 Å². The van der Waals surface area contributed by atoms with E-state index in [1.807, 2.05) is 0 Å². The Morgan fingerprint density at radius 3 is 1.85 bits per heavy atom. The number of hydrogen-bond acceptors (Lipinski definition) is 1. The van der Waals surface area contributed by atoms with Crippen molar-refractivity contribution in [3.63, 3.8) is 0 Å². The van der Waals surface area contributed by atoms with Crippen molar-refractivity contribution < 1.29 is 0 Å². The third kappa shape index (κ3) is 3.55. The highest BCUT2D eigenvalue weighted by Gasteiger charge is 2.22. The first-order valence-electron chi connectivity index (χ1n) is 14.4. The maximum absolute atomic E-state index is 5.21. The van der Waals surface area contributed by atoms with E-state index in [0.29, 0.717) is 5.92 Å². The van der Waals surface area contributed by atoms with Crippen molar-refractivity contribution in [2.45, 2.75) is 33.6 Å². The van der Waals surface area contributed by atoms with Crippen LogP contribution in [0.15, 0.2) is 109 Å². The third-order valence-corrected chi connectivity index (χ3v) is 8.53. The molecule has 3 heteroatoms. The maximum atomic E-state index is 5.21. The first-order chi connectivity index (χ1) is 20.0. The second-order valence-corrected chi connectivity index (χ2v) is 11.7. The molecule has 198 valence electrons. The minimum absolute atomic E-state index is 0.345. The van der Waals surface area contributed by atoms with Crippen molar-refractivity contribution in [3.05, 3.63) is 126 Å². The summed E-state index contributed by atoms with van der Waals surface area (Å²) < 4.78 is 4.86. The molecule has 3 heterocycles. The van der Waals surface area contributed by atoms with Gasteiger partial charge < -0.3 is 4.57 Å². The van der Waals surface area contributed by atoms with Crippen molar-refractivity contribution >= 4 is 54.4 Å². The van der Waals surface area contributed by atoms with E-state index in [2.05, 4.69) is 146 Å². The highest BCUT2D eigenvalue weighted by atomic mass is 15.1. The van der Waals surface area contributed by atoms with Crippen LogP contribution in [0.5, 0.6) is 0 Å². The van der Waals surface area contributed by atoms with Gasteiger partial charge in [-0.25, -0.2) is 4.98 Å². The monoisotopic (exact) mass is 529 g/mol. The lowest BCUT2D eigenvalue weighted by Crippen LogP contribution is -2.03. The zero-order valence-corrected chi connectivity index (χ0v) is 23.8. The predicted molar refractivity (Wildman–Crippen MR) is 174 cm³/mol. The van der Waals surface area contributed by atoms with Crippen molar-refractivity contribution in [3.8, 4) is 11.5 Å². The minimum atomic E-state index is 0.345. The number of hydrogen-bond donors (Lipinski definition) is 0. The van der Waals surface area contributed by atoms with Crippen LogP contribution >= 0.6 is 0 Å². The van der Waals surface area contributed by atoms with Gasteiger partial charge in [-0.05, 0) is 79.1 Å². The summed E-state index contributed by atoms with van der Waals surface area (Å²) in [7, 11) is 0. The van der Waals surface area contributed by atoms with Gasteiger partial charge in [0, 0.05) is 32.9 Å². The SMILES string of the molecule is Cc1ccc2c(c1)c1ccc3c4cc(C)ccc4n(-c4cccc(C(C)C)n4)c3c1n2-c1ccc2ccccc2c1. The Balaban J connectivity index is 1.61. The summed E-state index contributed by atoms with van der Waals surface area (Å²) in [5.41, 5.74) is 9.58. The van der Waals surface area contributed by atoms with Crippen LogP contribution in [0.4, 0.5) is 0 Å². The summed E-state index contributed by atoms with van der Waals surface area (Å²) >= 11 is 0. The van der Waals surface area contributed by atoms with Gasteiger partial charge in [-0.3, -0.25) is 4.57 Å². The topological polar surface area (TPSA) is 22.8 Å². The number of fused-ring (bicyclic) bond motifs is 8. The van der Waals surface area contributed by atoms with E-state index in [4.69, 9.17) is 4.98 Å². The molecular formula is C38H31N3. The van der Waals surface area contributed by atoms with Crippen LogP contribution in [-0.4, -0.2) is 14.1 Å². The Labute approximate surface area is 239 Å². The van der Waals surface area contributed by atoms with Crippen LogP contribution in [0, 0.1) is 13.8 Å². The Bertz CT molecular complexity index is 2310. The van der Waals surface area contributed by atoms with Crippen molar-refractivity contribution in [2.75, 3.05) is 0 Å². The smallest absolute Gasteiger partial charge is 0.137 e. The molecule has 3 nitrogen and oxygen atoms in total. The second kappa shape index (κ2) is 8.81. The first-order valence-corrected chi connectivity index (χ1v) is 14.4. The van der Waals surface area contributed by atoms with Gasteiger partial charge in [0.15, 0.2) is 0 Å². The van der Waals surface area contributed by atoms with Crippen LogP contribution in [-0.2, 0) is 0 Å². The van der Waals surface area contributed by atoms with Crippen LogP contribution < -0.4 is 0 Å². The molecule has 0 N–H and O–H groups in total. The molecule has 0 saturated carbocycles. The fourth-order valence-corrected chi connectivity index (χ4v) is 6.54. The number of rotatable bonds is 3. The number of pyridine rings is 1. The molecule has 0 amide bonds. The molecule has 0 unspecified atom stereocenters. The van der Waals surface area contributed by atoms with Gasteiger partial charge >= 0.3 is 0 Å². The van der Waals surface area contributed by atoms with E-state index in [0.717, 1.165) is 17.2 Å². The fourth-order valence-electron chi connectivity index (χ4n) is 6.54. The van der Waals surface area contributed by atoms with Gasteiger partial charge in [0.2, 0.25) is 0 Å². The third-order valence-electron chi connectivity index (χ3n) is 8.53. The summed E-state index contributed by atoms with van der Waals surface area (Å²) in [5.74, 6) is 1.30. The summed E-state index contributed by atoms with van der Waals surface area (Å²) in [5, 5.41) is 7.51. The summed E-state index contributed by atoms with van der Waals surface area (Å²) in [6.07, 6.45) is 0. The van der Waals surface area contributed by atoms with E-state index in [9.17, 15) is 0 Å². The highest BCUT2D eigenvalue weighted by molar-refractivity contribution is 6.24. The van der Waals surface area contributed by atoms with Crippen molar-refractivity contribution in [1.29, 1.82) is 0 Å². The summed E-state index contributed by atoms with van der Waals surface area (Å²) in [4.78, 5) is 5.21. The largest absolute Gasteiger partial charge is 0.307 e. The number of nitrogens with zero attached hydrogens (tertiary/aromatic N) is 3. The second-order valence-electron chi connectivity index (χ2n) is 11.7. The highest BCUT2D eigenvalue weighted by Crippen LogP contribution is 2.42. The van der Waals surface area contributed by atoms with Crippen molar-refractivity contribution in [2.24, 2.45) is 0 Å². The normalized spacial score (nSPS) is 12.1. The molecule has 0 aliphatic heterocycles. The fraction of sp³-hybridized carbons (Fsp3) is 0.132. The van der Waals surface area contributed by atoms with Gasteiger partial charge in [0.05, 0.1) is 22.1 Å². The average Bonchev–Trinajstić information content (AvgIpc) is 3.49. The average molecular weight is 530 g/mol. The van der Waals surface area contributed by atoms with Crippen LogP contribution in [0.3, 0.4) is 0 Å². The Morgan fingerprint density at radius 2 is 1.17 bits per heavy atom. The van der Waals surface area contributed by atoms with Crippen LogP contribution in [0.25, 0.3) is 65.9 Å². The standard InChI is InChI=1S/C38H31N3/c1-23(2)33-10-7-11-36(39-33)41-35-19-13-25(4)21-32(35)30-17-16-29-31-20-24(3)12-18-34(31)40(37(29)38(30)41)28-15-14-26-8-5-6-9-27(26)22-28/h5-23H,1-4H3. The molecule has 5 aromatic carbocycles. The molecule has 41 heavy (non-hydrogen) atoms. The zero-order chi connectivity index (χ0) is 27.8. The number of aryl methyl sites for hydroxylation is 2. The molecular weight excluding hydrogens is 498 g/mol. The quantitative estimate of drug-likeness (QED) is 0.223. The Kier molecular flexibility index (Phi) is 5.14. The molecule has 0 fully saturated rings. The van der Waals surface area contributed by atoms with E-state index >= 15 is 0 Å². The predicted octanol–water partition coefficient (Wildman–Crippen LogP) is 10.2. The molecule has 0 bridgehead atoms. The molecule has 0 atom stereocenters. The minimum Gasteiger partial charge on any atom is -0.307 e. The molecule has 0 saturated heterocycles. The zero-order valence-electron chi connectivity index (χ0n) is 23.8. The molecule has 0 aliphatic rings. The Hall–Kier alpha value is -4.89. The van der Waals surface area contributed by atoms with E-state index in [1.165, 1.54) is 65.5 Å². The summed E-state index contributed by atoms with van der Waals surface area (Å²) in [6, 6.07) is 40.1. The van der Waals surface area contributed by atoms with E-state index in [1.54, 1.807) is 0 Å². The van der Waals surface area contributed by atoms with Gasteiger partial charge in [0.1, 0.15) is 5.82 Å². The van der Waals surface area contributed by atoms with Crippen molar-refractivity contribution in [1.82, 2.24) is 14.1 Å². The maximum Gasteiger partial charge on any atom is 0.137 e. The van der Waals surface area contributed by atoms with Crippen LogP contribution in [0.1, 0.15) is 36.6 Å². The number of benzene rings is 5. The van der Waals surface area contributed by atoms with E-state index < -0.39 is 0 Å². The molecule has 0 radical (unpaired) electrons. The lowest BCUT2D eigenvalue weighted by Gasteiger charge is -2.14. The molecule has 3 aromatic heterocycles. The van der Waals surface area contributed by atoms with Crippen LogP contribution in [0.2, 0.25) is 0 Å². The summed E-state index contributed by atoms with van der Waals surface area (Å²) in [6.45, 7) is 8.77. The lowest BCUT2D eigenvalue weighted by molar-refractivity contribution is 0.814. The lowest BCUT2D eigenvalue weighted by atomic mass is 10.1. The van der Waals surface area contributed by atoms with Gasteiger partial charge in [-0.2, -0.15) is 0 Å². The van der Waals surface area contributed by atoms with E-state index in [-0.39, 0.29) is 0 Å². The first kappa shape index (κ1) is 24.0. The number of aromatic nitrogens is 3. The Morgan fingerprint density at radius 1 is 0.537 bits per heavy atom. The molecule has 0 aliphatic carbocycles. The van der Waals surface area contributed by atoms with Gasteiger partial charge in [-0.15, -0.1) is 0 Å². The molecule has 0 spiro atoms. The molecule has 8 rings (SSSR count). The van der Waals surface area contributed by atoms with Gasteiger partial charge in [0.25, 0.3) is 0 Å².